The Morgan fingerprint density at radius 1 is 1.24 bits per heavy atom. The fourth-order valence-corrected chi connectivity index (χ4v) is 2.84. The molecule has 0 aliphatic heterocycles. The Labute approximate surface area is 167 Å². The second kappa shape index (κ2) is 8.44. The van der Waals surface area contributed by atoms with Gasteiger partial charge in [0.1, 0.15) is 11.5 Å². The number of hydrogen-bond acceptors (Lipinski definition) is 6. The number of tetrazole rings is 1. The van der Waals surface area contributed by atoms with Gasteiger partial charge in [0.15, 0.2) is 5.82 Å². The highest BCUT2D eigenvalue weighted by atomic mass is 19.1. The zero-order valence-electron chi connectivity index (χ0n) is 16.7. The van der Waals surface area contributed by atoms with Gasteiger partial charge in [-0.3, -0.25) is 9.78 Å². The number of amides is 1. The van der Waals surface area contributed by atoms with Crippen molar-refractivity contribution in [3.63, 3.8) is 0 Å². The summed E-state index contributed by atoms with van der Waals surface area (Å²) in [5.41, 5.74) is 2.04. The Balaban J connectivity index is 2.16. The molecule has 1 atom stereocenters. The third-order valence-corrected chi connectivity index (χ3v) is 4.34. The SMILES string of the molecule is Cc1cnc(-c2cc(C(=O)NC(C)CO)cc(-n3nnnc3C(C)C)c2)c(F)c1. The number of aliphatic hydroxyl groups is 1. The molecule has 0 spiro atoms. The van der Waals surface area contributed by atoms with Gasteiger partial charge in [0.2, 0.25) is 0 Å². The quantitative estimate of drug-likeness (QED) is 0.661. The van der Waals surface area contributed by atoms with Crippen molar-refractivity contribution in [1.82, 2.24) is 30.5 Å². The largest absolute Gasteiger partial charge is 0.394 e. The molecule has 0 fully saturated rings. The zero-order valence-corrected chi connectivity index (χ0v) is 16.7. The normalized spacial score (nSPS) is 12.2. The minimum atomic E-state index is -0.488. The third kappa shape index (κ3) is 4.45. The summed E-state index contributed by atoms with van der Waals surface area (Å²) >= 11 is 0. The summed E-state index contributed by atoms with van der Waals surface area (Å²) in [6.45, 7) is 7.13. The summed E-state index contributed by atoms with van der Waals surface area (Å²) in [5.74, 6) is -0.247. The number of aromatic nitrogens is 5. The first-order chi connectivity index (χ1) is 13.8. The molecule has 8 nitrogen and oxygen atoms in total. The Kier molecular flexibility index (Phi) is 5.97. The third-order valence-electron chi connectivity index (χ3n) is 4.34. The van der Waals surface area contributed by atoms with Gasteiger partial charge in [0, 0.05) is 29.3 Å². The van der Waals surface area contributed by atoms with Crippen LogP contribution in [0.3, 0.4) is 0 Å². The van der Waals surface area contributed by atoms with E-state index in [1.807, 2.05) is 13.8 Å². The van der Waals surface area contributed by atoms with Crippen LogP contribution in [-0.4, -0.2) is 48.9 Å². The highest BCUT2D eigenvalue weighted by molar-refractivity contribution is 5.96. The topological polar surface area (TPSA) is 106 Å². The van der Waals surface area contributed by atoms with E-state index in [4.69, 9.17) is 0 Å². The standard InChI is InChI=1S/C20H23FN6O2/c1-11(2)19-24-25-26-27(19)16-7-14(18-17(21)5-12(3)9-22-18)6-15(8-16)20(29)23-13(4)10-28/h5-9,11,13,28H,10H2,1-4H3,(H,23,29). The van der Waals surface area contributed by atoms with Gasteiger partial charge in [0.25, 0.3) is 5.91 Å². The Morgan fingerprint density at radius 3 is 2.66 bits per heavy atom. The van der Waals surface area contributed by atoms with Crippen LogP contribution in [0.4, 0.5) is 4.39 Å². The van der Waals surface area contributed by atoms with Crippen LogP contribution in [0, 0.1) is 12.7 Å². The van der Waals surface area contributed by atoms with Crippen LogP contribution in [0.2, 0.25) is 0 Å². The van der Waals surface area contributed by atoms with E-state index in [9.17, 15) is 14.3 Å². The fraction of sp³-hybridized carbons (Fsp3) is 0.350. The van der Waals surface area contributed by atoms with Crippen molar-refractivity contribution in [3.8, 4) is 16.9 Å². The zero-order chi connectivity index (χ0) is 21.1. The lowest BCUT2D eigenvalue weighted by molar-refractivity contribution is 0.0922. The van der Waals surface area contributed by atoms with E-state index in [-0.39, 0.29) is 23.8 Å². The summed E-state index contributed by atoms with van der Waals surface area (Å²) in [7, 11) is 0. The molecular weight excluding hydrogens is 375 g/mol. The average molecular weight is 398 g/mol. The van der Waals surface area contributed by atoms with Gasteiger partial charge in [-0.25, -0.2) is 4.39 Å². The number of hydrogen-bond donors (Lipinski definition) is 2. The summed E-state index contributed by atoms with van der Waals surface area (Å²) < 4.78 is 16.1. The van der Waals surface area contributed by atoms with Crippen molar-refractivity contribution < 1.29 is 14.3 Å². The van der Waals surface area contributed by atoms with Crippen LogP contribution in [-0.2, 0) is 0 Å². The van der Waals surface area contributed by atoms with E-state index in [2.05, 4.69) is 25.8 Å². The lowest BCUT2D eigenvalue weighted by Crippen LogP contribution is -2.35. The average Bonchev–Trinajstić information content (AvgIpc) is 3.17. The molecule has 29 heavy (non-hydrogen) atoms. The monoisotopic (exact) mass is 398 g/mol. The number of halogens is 1. The molecule has 152 valence electrons. The maximum absolute atomic E-state index is 14.6. The van der Waals surface area contributed by atoms with Crippen LogP contribution in [0.25, 0.3) is 16.9 Å². The van der Waals surface area contributed by atoms with Crippen molar-refractivity contribution >= 4 is 5.91 Å². The summed E-state index contributed by atoms with van der Waals surface area (Å²) in [6, 6.07) is 5.83. The Hall–Kier alpha value is -3.20. The van der Waals surface area contributed by atoms with Gasteiger partial charge in [-0.2, -0.15) is 4.68 Å². The van der Waals surface area contributed by atoms with Crippen molar-refractivity contribution in [2.45, 2.75) is 39.7 Å². The molecule has 0 saturated heterocycles. The van der Waals surface area contributed by atoms with E-state index in [0.717, 1.165) is 0 Å². The molecule has 1 amide bonds. The smallest absolute Gasteiger partial charge is 0.251 e. The molecule has 2 aromatic heterocycles. The Morgan fingerprint density at radius 2 is 2.00 bits per heavy atom. The molecule has 3 aromatic rings. The second-order valence-corrected chi connectivity index (χ2v) is 7.27. The summed E-state index contributed by atoms with van der Waals surface area (Å²) in [4.78, 5) is 16.9. The van der Waals surface area contributed by atoms with Crippen molar-refractivity contribution in [2.75, 3.05) is 6.61 Å². The minimum Gasteiger partial charge on any atom is -0.394 e. The fourth-order valence-electron chi connectivity index (χ4n) is 2.84. The van der Waals surface area contributed by atoms with Crippen LogP contribution >= 0.6 is 0 Å². The van der Waals surface area contributed by atoms with Crippen molar-refractivity contribution in [3.05, 3.63) is 53.2 Å². The molecular formula is C20H23FN6O2. The molecule has 0 aliphatic carbocycles. The number of nitrogens with one attached hydrogen (secondary N) is 1. The molecule has 1 aromatic carbocycles. The number of aliphatic hydroxyl groups excluding tert-OH is 1. The molecule has 0 saturated carbocycles. The molecule has 0 radical (unpaired) electrons. The molecule has 2 heterocycles. The number of carbonyl (C=O) groups excluding carboxylic acids is 1. The van der Waals surface area contributed by atoms with E-state index in [1.54, 1.807) is 38.2 Å². The van der Waals surface area contributed by atoms with Gasteiger partial charge in [-0.1, -0.05) is 13.8 Å². The predicted octanol–water partition coefficient (Wildman–Crippen LogP) is 2.41. The van der Waals surface area contributed by atoms with E-state index >= 15 is 0 Å². The number of nitrogens with zero attached hydrogens (tertiary/aromatic N) is 5. The van der Waals surface area contributed by atoms with Gasteiger partial charge in [-0.15, -0.1) is 5.10 Å². The number of benzene rings is 1. The highest BCUT2D eigenvalue weighted by Gasteiger charge is 2.18. The van der Waals surface area contributed by atoms with Crippen LogP contribution in [0.1, 0.15) is 48.4 Å². The summed E-state index contributed by atoms with van der Waals surface area (Å²) in [5, 5.41) is 23.7. The maximum atomic E-state index is 14.6. The predicted molar refractivity (Wildman–Crippen MR) is 105 cm³/mol. The van der Waals surface area contributed by atoms with Gasteiger partial charge >= 0.3 is 0 Å². The lowest BCUT2D eigenvalue weighted by Gasteiger charge is -2.14. The molecule has 0 bridgehead atoms. The van der Waals surface area contributed by atoms with Crippen LogP contribution in [0.15, 0.2) is 30.5 Å². The lowest BCUT2D eigenvalue weighted by atomic mass is 10.0. The first-order valence-electron chi connectivity index (χ1n) is 9.28. The molecule has 3 rings (SSSR count). The molecule has 9 heteroatoms. The maximum Gasteiger partial charge on any atom is 0.251 e. The van der Waals surface area contributed by atoms with Crippen LogP contribution in [0.5, 0.6) is 0 Å². The second-order valence-electron chi connectivity index (χ2n) is 7.27. The summed E-state index contributed by atoms with van der Waals surface area (Å²) in [6.07, 6.45) is 1.56. The first kappa shape index (κ1) is 20.5. The minimum absolute atomic E-state index is 0.0366. The van der Waals surface area contributed by atoms with E-state index < -0.39 is 17.8 Å². The Bertz CT molecular complexity index is 1030. The number of aryl methyl sites for hydroxylation is 1. The van der Waals surface area contributed by atoms with Crippen molar-refractivity contribution in [1.29, 1.82) is 0 Å². The van der Waals surface area contributed by atoms with Crippen LogP contribution < -0.4 is 5.32 Å². The van der Waals surface area contributed by atoms with Gasteiger partial charge in [0.05, 0.1) is 12.3 Å². The first-order valence-corrected chi connectivity index (χ1v) is 9.28. The molecule has 2 N–H and O–H groups in total. The number of pyridine rings is 1. The van der Waals surface area contributed by atoms with Gasteiger partial charge < -0.3 is 10.4 Å². The van der Waals surface area contributed by atoms with E-state index in [0.29, 0.717) is 22.6 Å². The number of rotatable bonds is 6. The molecule has 0 aliphatic rings. The van der Waals surface area contributed by atoms with E-state index in [1.165, 1.54) is 10.7 Å². The number of carbonyl (C=O) groups is 1. The van der Waals surface area contributed by atoms with Crippen molar-refractivity contribution in [2.24, 2.45) is 0 Å². The molecule has 1 unspecified atom stereocenters. The highest BCUT2D eigenvalue weighted by Crippen LogP contribution is 2.26. The van der Waals surface area contributed by atoms with Gasteiger partial charge in [-0.05, 0) is 54.1 Å².